The van der Waals surface area contributed by atoms with Crippen molar-refractivity contribution in [3.05, 3.63) is 23.3 Å². The fraction of sp³-hybridized carbons (Fsp3) is 0.571. The van der Waals surface area contributed by atoms with Crippen LogP contribution in [0, 0.1) is 23.1 Å². The summed E-state index contributed by atoms with van der Waals surface area (Å²) in [4.78, 5) is 4.00. The highest BCUT2D eigenvalue weighted by Crippen LogP contribution is 2.52. The largest absolute Gasteiger partial charge is 0.405 e. The molecular formula is C14H17F4N3. The minimum atomic E-state index is -4.45. The number of halogens is 4. The molecule has 1 aromatic rings. The van der Waals surface area contributed by atoms with Crippen molar-refractivity contribution in [2.24, 2.45) is 11.8 Å². The highest BCUT2D eigenvalue weighted by Gasteiger charge is 2.43. The van der Waals surface area contributed by atoms with Crippen LogP contribution >= 0.6 is 0 Å². The van der Waals surface area contributed by atoms with Gasteiger partial charge in [0.05, 0.1) is 11.4 Å². The topological polar surface area (TPSA) is 48.8 Å². The van der Waals surface area contributed by atoms with Crippen LogP contribution in [0.4, 0.5) is 23.2 Å². The summed E-state index contributed by atoms with van der Waals surface area (Å²) in [5, 5.41) is 9.21. The fourth-order valence-electron chi connectivity index (χ4n) is 2.52. The van der Waals surface area contributed by atoms with Crippen LogP contribution in [0.5, 0.6) is 0 Å². The maximum Gasteiger partial charge on any atom is 0.405 e. The Hall–Kier alpha value is -1.66. The molecule has 0 unspecified atom stereocenters. The highest BCUT2D eigenvalue weighted by atomic mass is 19.4. The van der Waals surface area contributed by atoms with Crippen LogP contribution in [0.3, 0.4) is 0 Å². The molecule has 1 saturated carbocycles. The molecule has 2 N–H and O–H groups in total. The summed E-state index contributed by atoms with van der Waals surface area (Å²) in [7, 11) is 0. The molecule has 0 bridgehead atoms. The highest BCUT2D eigenvalue weighted by molar-refractivity contribution is 5.85. The van der Waals surface area contributed by atoms with Crippen molar-refractivity contribution in [2.45, 2.75) is 32.4 Å². The monoisotopic (exact) mass is 303 g/mol. The number of aromatic nitrogens is 1. The van der Waals surface area contributed by atoms with Crippen molar-refractivity contribution in [2.75, 3.05) is 11.9 Å². The predicted molar refractivity (Wildman–Crippen MR) is 72.3 cm³/mol. The van der Waals surface area contributed by atoms with Gasteiger partial charge in [-0.15, -0.1) is 0 Å². The summed E-state index contributed by atoms with van der Waals surface area (Å²) >= 11 is 0. The molecule has 1 heterocycles. The zero-order valence-corrected chi connectivity index (χ0v) is 11.8. The number of nitrogens with zero attached hydrogens (tertiary/aromatic N) is 1. The Labute approximate surface area is 120 Å². The molecule has 2 atom stereocenters. The van der Waals surface area contributed by atoms with E-state index in [1.807, 2.05) is 19.2 Å². The van der Waals surface area contributed by atoms with Crippen molar-refractivity contribution in [3.8, 4) is 0 Å². The van der Waals surface area contributed by atoms with Gasteiger partial charge in [-0.1, -0.05) is 13.8 Å². The van der Waals surface area contributed by atoms with Crippen LogP contribution in [-0.2, 0) is 0 Å². The van der Waals surface area contributed by atoms with Gasteiger partial charge in [-0.05, 0) is 18.3 Å². The molecule has 0 spiro atoms. The first-order valence-corrected chi connectivity index (χ1v) is 6.74. The average molecular weight is 303 g/mol. The molecule has 116 valence electrons. The van der Waals surface area contributed by atoms with Gasteiger partial charge in [-0.2, -0.15) is 13.2 Å². The van der Waals surface area contributed by atoms with Crippen LogP contribution in [-0.4, -0.2) is 23.9 Å². The summed E-state index contributed by atoms with van der Waals surface area (Å²) in [6.07, 6.45) is -1.61. The van der Waals surface area contributed by atoms with E-state index >= 15 is 0 Å². The van der Waals surface area contributed by atoms with E-state index in [-0.39, 0.29) is 22.9 Å². The van der Waals surface area contributed by atoms with Crippen LogP contribution in [0.25, 0.3) is 0 Å². The predicted octanol–water partition coefficient (Wildman–Crippen LogP) is 3.95. The van der Waals surface area contributed by atoms with E-state index in [9.17, 15) is 17.6 Å². The molecule has 0 aromatic carbocycles. The van der Waals surface area contributed by atoms with Crippen molar-refractivity contribution < 1.29 is 17.6 Å². The number of pyridine rings is 1. The van der Waals surface area contributed by atoms with Crippen LogP contribution in [0.1, 0.15) is 37.4 Å². The van der Waals surface area contributed by atoms with Gasteiger partial charge in [-0.3, -0.25) is 4.98 Å². The lowest BCUT2D eigenvalue weighted by Gasteiger charge is -2.14. The molecule has 1 aromatic heterocycles. The molecule has 2 rings (SSSR count). The van der Waals surface area contributed by atoms with E-state index in [1.165, 1.54) is 6.20 Å². The second kappa shape index (κ2) is 5.61. The third-order valence-corrected chi connectivity index (χ3v) is 3.74. The Morgan fingerprint density at radius 3 is 2.62 bits per heavy atom. The van der Waals surface area contributed by atoms with Gasteiger partial charge in [0.15, 0.2) is 5.82 Å². The molecular weight excluding hydrogens is 286 g/mol. The zero-order valence-electron chi connectivity index (χ0n) is 11.8. The molecule has 21 heavy (non-hydrogen) atoms. The molecule has 0 aliphatic heterocycles. The second-order valence-corrected chi connectivity index (χ2v) is 5.65. The maximum absolute atomic E-state index is 14.4. The molecule has 0 radical (unpaired) electrons. The van der Waals surface area contributed by atoms with E-state index in [0.29, 0.717) is 11.8 Å². The summed E-state index contributed by atoms with van der Waals surface area (Å²) < 4.78 is 51.3. The SMILES string of the molecule is CC(C)[C@H]1C[C@@H]1c1ncc(C=N)c(NCC(F)(F)F)c1F. The molecule has 7 heteroatoms. The average Bonchev–Trinajstić information content (AvgIpc) is 3.16. The lowest BCUT2D eigenvalue weighted by Crippen LogP contribution is -2.23. The molecule has 0 saturated heterocycles. The molecule has 1 aliphatic carbocycles. The van der Waals surface area contributed by atoms with Crippen LogP contribution in [0.15, 0.2) is 6.20 Å². The van der Waals surface area contributed by atoms with E-state index < -0.39 is 18.5 Å². The minimum Gasteiger partial charge on any atom is -0.373 e. The lowest BCUT2D eigenvalue weighted by molar-refractivity contribution is -0.115. The number of rotatable bonds is 5. The van der Waals surface area contributed by atoms with Crippen LogP contribution in [0.2, 0.25) is 0 Å². The van der Waals surface area contributed by atoms with Gasteiger partial charge >= 0.3 is 6.18 Å². The van der Waals surface area contributed by atoms with Gasteiger partial charge in [-0.25, -0.2) is 4.39 Å². The third-order valence-electron chi connectivity index (χ3n) is 3.74. The number of hydrogen-bond donors (Lipinski definition) is 2. The lowest BCUT2D eigenvalue weighted by atomic mass is 10.0. The molecule has 1 aliphatic rings. The van der Waals surface area contributed by atoms with E-state index in [2.05, 4.69) is 4.98 Å². The number of nitrogens with one attached hydrogen (secondary N) is 2. The van der Waals surface area contributed by atoms with Crippen LogP contribution < -0.4 is 5.32 Å². The summed E-state index contributed by atoms with van der Waals surface area (Å²) in [5.41, 5.74) is -0.0760. The molecule has 0 amide bonds. The van der Waals surface area contributed by atoms with Gasteiger partial charge < -0.3 is 10.7 Å². The summed E-state index contributed by atoms with van der Waals surface area (Å²) in [5.74, 6) is -0.122. The summed E-state index contributed by atoms with van der Waals surface area (Å²) in [6, 6.07) is 0. The van der Waals surface area contributed by atoms with Crippen molar-refractivity contribution in [1.82, 2.24) is 4.98 Å². The van der Waals surface area contributed by atoms with Crippen molar-refractivity contribution in [3.63, 3.8) is 0 Å². The first-order valence-electron chi connectivity index (χ1n) is 6.74. The van der Waals surface area contributed by atoms with Gasteiger partial charge in [0.2, 0.25) is 0 Å². The van der Waals surface area contributed by atoms with Gasteiger partial charge in [0, 0.05) is 23.9 Å². The standard InChI is InChI=1S/C14H17F4N3/c1-7(2)9-3-10(9)13-11(15)12(8(4-19)5-20-13)21-6-14(16,17)18/h4-5,7,9-10,19H,3,6H2,1-2H3,(H,20,21)/t9-,10+/m1/s1. The quantitative estimate of drug-likeness (QED) is 0.639. The van der Waals surface area contributed by atoms with Gasteiger partial charge in [0.1, 0.15) is 6.54 Å². The Kier molecular flexibility index (Phi) is 4.20. The fourth-order valence-corrected chi connectivity index (χ4v) is 2.52. The normalized spacial score (nSPS) is 21.5. The van der Waals surface area contributed by atoms with E-state index in [0.717, 1.165) is 12.6 Å². The number of hydrogen-bond acceptors (Lipinski definition) is 3. The van der Waals surface area contributed by atoms with Gasteiger partial charge in [0.25, 0.3) is 0 Å². The smallest absolute Gasteiger partial charge is 0.373 e. The van der Waals surface area contributed by atoms with Crippen molar-refractivity contribution in [1.29, 1.82) is 5.41 Å². The Morgan fingerprint density at radius 1 is 1.48 bits per heavy atom. The Balaban J connectivity index is 2.28. The zero-order chi connectivity index (χ0) is 15.8. The first-order chi connectivity index (χ1) is 9.74. The summed E-state index contributed by atoms with van der Waals surface area (Å²) in [6.45, 7) is 2.71. The second-order valence-electron chi connectivity index (χ2n) is 5.65. The van der Waals surface area contributed by atoms with E-state index in [1.54, 1.807) is 0 Å². The number of anilines is 1. The van der Waals surface area contributed by atoms with Crippen molar-refractivity contribution >= 4 is 11.9 Å². The minimum absolute atomic E-state index is 0.0160. The first kappa shape index (κ1) is 15.7. The molecule has 1 fully saturated rings. The number of alkyl halides is 3. The third kappa shape index (κ3) is 3.51. The Bertz CT molecular complexity index is 540. The van der Waals surface area contributed by atoms with E-state index in [4.69, 9.17) is 5.41 Å². The maximum atomic E-state index is 14.4. The molecule has 3 nitrogen and oxygen atoms in total. The Morgan fingerprint density at radius 2 is 2.14 bits per heavy atom.